The monoisotopic (exact) mass is 238 g/mol. The molecule has 0 atom stereocenters. The molecule has 0 unspecified atom stereocenters. The van der Waals surface area contributed by atoms with Gasteiger partial charge in [-0.15, -0.1) is 0 Å². The number of fused-ring (bicyclic) bond motifs is 1. The Morgan fingerprint density at radius 2 is 2.22 bits per heavy atom. The molecule has 0 saturated carbocycles. The first kappa shape index (κ1) is 10.5. The Labute approximate surface area is 102 Å². The molecule has 0 aliphatic heterocycles. The average molecular weight is 238 g/mol. The van der Waals surface area contributed by atoms with E-state index in [2.05, 4.69) is 15.1 Å². The predicted molar refractivity (Wildman–Crippen MR) is 69.0 cm³/mol. The van der Waals surface area contributed by atoms with Crippen molar-refractivity contribution in [3.8, 4) is 0 Å². The van der Waals surface area contributed by atoms with Gasteiger partial charge >= 0.3 is 0 Å². The molecule has 0 aliphatic rings. The van der Waals surface area contributed by atoms with E-state index in [1.807, 2.05) is 18.2 Å². The molecule has 0 fully saturated rings. The van der Waals surface area contributed by atoms with E-state index >= 15 is 0 Å². The zero-order valence-electron chi connectivity index (χ0n) is 9.45. The summed E-state index contributed by atoms with van der Waals surface area (Å²) in [5.74, 6) is 0. The van der Waals surface area contributed by atoms with Crippen molar-refractivity contribution in [2.45, 2.75) is 0 Å². The largest absolute Gasteiger partial charge is 0.297 e. The van der Waals surface area contributed by atoms with Gasteiger partial charge < -0.3 is 0 Å². The van der Waals surface area contributed by atoms with Crippen molar-refractivity contribution in [2.24, 2.45) is 0 Å². The van der Waals surface area contributed by atoms with Crippen molar-refractivity contribution in [3.05, 3.63) is 64.5 Å². The highest BCUT2D eigenvalue weighted by atomic mass is 16.1. The molecule has 5 heteroatoms. The molecule has 0 spiro atoms. The molecular weight excluding hydrogens is 228 g/mol. The van der Waals surface area contributed by atoms with Crippen LogP contribution in [0, 0.1) is 0 Å². The van der Waals surface area contributed by atoms with Gasteiger partial charge in [0.25, 0.3) is 5.56 Å². The van der Waals surface area contributed by atoms with E-state index in [1.54, 1.807) is 30.7 Å². The second-order valence-corrected chi connectivity index (χ2v) is 3.79. The van der Waals surface area contributed by atoms with Crippen molar-refractivity contribution >= 4 is 17.8 Å². The Kier molecular flexibility index (Phi) is 2.49. The van der Waals surface area contributed by atoms with Gasteiger partial charge in [-0.3, -0.25) is 14.9 Å². The third kappa shape index (κ3) is 1.93. The van der Waals surface area contributed by atoms with Gasteiger partial charge in [0.2, 0.25) is 0 Å². The van der Waals surface area contributed by atoms with Crippen molar-refractivity contribution in [1.29, 1.82) is 0 Å². The predicted octanol–water partition coefficient (Wildman–Crippen LogP) is 1.59. The lowest BCUT2D eigenvalue weighted by Gasteiger charge is -1.95. The number of aromatic nitrogens is 4. The van der Waals surface area contributed by atoms with Crippen LogP contribution in [0.4, 0.5) is 0 Å². The first-order chi connectivity index (χ1) is 8.83. The van der Waals surface area contributed by atoms with Gasteiger partial charge in [0, 0.05) is 30.7 Å². The summed E-state index contributed by atoms with van der Waals surface area (Å²) in [4.78, 5) is 20.1. The van der Waals surface area contributed by atoms with E-state index in [1.165, 1.54) is 10.6 Å². The molecule has 3 aromatic heterocycles. The van der Waals surface area contributed by atoms with Crippen LogP contribution in [0.2, 0.25) is 0 Å². The van der Waals surface area contributed by atoms with Crippen LogP contribution in [0.3, 0.4) is 0 Å². The highest BCUT2D eigenvalue weighted by Crippen LogP contribution is 2.04. The highest BCUT2D eigenvalue weighted by Gasteiger charge is 1.99. The van der Waals surface area contributed by atoms with E-state index in [4.69, 9.17) is 0 Å². The number of nitrogens with zero attached hydrogens (tertiary/aromatic N) is 3. The number of H-pyrrole nitrogens is 1. The summed E-state index contributed by atoms with van der Waals surface area (Å²) in [6.07, 6.45) is 8.81. The van der Waals surface area contributed by atoms with Gasteiger partial charge in [0.15, 0.2) is 5.65 Å². The fourth-order valence-corrected chi connectivity index (χ4v) is 1.69. The maximum absolute atomic E-state index is 11.7. The molecule has 3 aromatic rings. The van der Waals surface area contributed by atoms with Crippen LogP contribution in [0.5, 0.6) is 0 Å². The highest BCUT2D eigenvalue weighted by molar-refractivity contribution is 5.68. The van der Waals surface area contributed by atoms with Gasteiger partial charge in [0.1, 0.15) is 0 Å². The van der Waals surface area contributed by atoms with E-state index < -0.39 is 0 Å². The molecule has 5 nitrogen and oxygen atoms in total. The summed E-state index contributed by atoms with van der Waals surface area (Å²) in [5.41, 5.74) is 2.07. The molecule has 3 heterocycles. The maximum atomic E-state index is 11.7. The first-order valence-electron chi connectivity index (χ1n) is 5.48. The number of pyridine rings is 1. The minimum atomic E-state index is -0.129. The Bertz CT molecular complexity index is 755. The van der Waals surface area contributed by atoms with Gasteiger partial charge in [-0.25, -0.2) is 9.50 Å². The van der Waals surface area contributed by atoms with Crippen LogP contribution in [0.25, 0.3) is 17.8 Å². The molecule has 0 radical (unpaired) electrons. The average Bonchev–Trinajstić information content (AvgIpc) is 2.86. The molecule has 1 N–H and O–H groups in total. The Balaban J connectivity index is 2.00. The molecule has 0 saturated heterocycles. The minimum absolute atomic E-state index is 0.129. The van der Waals surface area contributed by atoms with Crippen molar-refractivity contribution in [3.63, 3.8) is 0 Å². The zero-order chi connectivity index (χ0) is 12.4. The zero-order valence-corrected chi connectivity index (χ0v) is 9.45. The van der Waals surface area contributed by atoms with E-state index in [0.29, 0.717) is 11.3 Å². The lowest BCUT2D eigenvalue weighted by atomic mass is 10.2. The van der Waals surface area contributed by atoms with Gasteiger partial charge in [0.05, 0.1) is 5.69 Å². The Morgan fingerprint density at radius 1 is 1.28 bits per heavy atom. The summed E-state index contributed by atoms with van der Waals surface area (Å²) < 4.78 is 1.39. The maximum Gasteiger partial charge on any atom is 0.273 e. The normalized spacial score (nSPS) is 11.3. The molecule has 0 amide bonds. The molecule has 3 rings (SSSR count). The minimum Gasteiger partial charge on any atom is -0.297 e. The van der Waals surface area contributed by atoms with Gasteiger partial charge in [-0.05, 0) is 17.7 Å². The van der Waals surface area contributed by atoms with E-state index in [0.717, 1.165) is 5.56 Å². The first-order valence-corrected chi connectivity index (χ1v) is 5.48. The third-order valence-electron chi connectivity index (χ3n) is 2.53. The lowest BCUT2D eigenvalue weighted by molar-refractivity contribution is 0.897. The Hall–Kier alpha value is -2.69. The molecule has 0 aliphatic carbocycles. The molecule has 88 valence electrons. The standard InChI is InChI=1S/C13H10N4O/c18-13-8-11(16-12-5-7-15-17(12)13)4-3-10-2-1-6-14-9-10/h1-9,15H/b4-3+. The third-order valence-corrected chi connectivity index (χ3v) is 2.53. The fraction of sp³-hybridized carbons (Fsp3) is 0. The SMILES string of the molecule is O=c1cc(/C=C/c2cccnc2)nc2cc[nH]n12. The summed E-state index contributed by atoms with van der Waals surface area (Å²) in [5, 5.41) is 2.80. The number of rotatable bonds is 2. The van der Waals surface area contributed by atoms with Gasteiger partial charge in [-0.2, -0.15) is 0 Å². The molecule has 18 heavy (non-hydrogen) atoms. The summed E-state index contributed by atoms with van der Waals surface area (Å²) in [7, 11) is 0. The summed E-state index contributed by atoms with van der Waals surface area (Å²) in [6.45, 7) is 0. The smallest absolute Gasteiger partial charge is 0.273 e. The number of hydrogen-bond donors (Lipinski definition) is 1. The van der Waals surface area contributed by atoms with Crippen molar-refractivity contribution in [2.75, 3.05) is 0 Å². The summed E-state index contributed by atoms with van der Waals surface area (Å²) >= 11 is 0. The number of nitrogens with one attached hydrogen (secondary N) is 1. The Morgan fingerprint density at radius 3 is 3.06 bits per heavy atom. The van der Waals surface area contributed by atoms with E-state index in [9.17, 15) is 4.79 Å². The van der Waals surface area contributed by atoms with Crippen LogP contribution in [-0.4, -0.2) is 19.6 Å². The molecular formula is C13H10N4O. The number of hydrogen-bond acceptors (Lipinski definition) is 3. The van der Waals surface area contributed by atoms with Crippen LogP contribution in [-0.2, 0) is 0 Å². The summed E-state index contributed by atoms with van der Waals surface area (Å²) in [6, 6.07) is 7.03. The molecule has 0 aromatic carbocycles. The topological polar surface area (TPSA) is 63.0 Å². The lowest BCUT2D eigenvalue weighted by Crippen LogP contribution is -2.14. The second kappa shape index (κ2) is 4.29. The van der Waals surface area contributed by atoms with Crippen molar-refractivity contribution < 1.29 is 0 Å². The van der Waals surface area contributed by atoms with Crippen LogP contribution < -0.4 is 5.56 Å². The fourth-order valence-electron chi connectivity index (χ4n) is 1.69. The van der Waals surface area contributed by atoms with Crippen molar-refractivity contribution in [1.82, 2.24) is 19.6 Å². The van der Waals surface area contributed by atoms with Crippen LogP contribution >= 0.6 is 0 Å². The number of aromatic amines is 1. The van der Waals surface area contributed by atoms with E-state index in [-0.39, 0.29) is 5.56 Å². The van der Waals surface area contributed by atoms with Crippen LogP contribution in [0.1, 0.15) is 11.3 Å². The quantitative estimate of drug-likeness (QED) is 0.737. The second-order valence-electron chi connectivity index (χ2n) is 3.79. The van der Waals surface area contributed by atoms with Crippen LogP contribution in [0.15, 0.2) is 47.7 Å². The molecule has 0 bridgehead atoms. The van der Waals surface area contributed by atoms with Gasteiger partial charge in [-0.1, -0.05) is 12.1 Å².